The van der Waals surface area contributed by atoms with Crippen LogP contribution in [-0.4, -0.2) is 32.9 Å². The highest BCUT2D eigenvalue weighted by molar-refractivity contribution is 6.00. The van der Waals surface area contributed by atoms with Crippen LogP contribution in [0.15, 0.2) is 59.2 Å². The number of fused-ring (bicyclic) bond motifs is 1. The second-order valence-corrected chi connectivity index (χ2v) is 10.3. The van der Waals surface area contributed by atoms with Crippen LogP contribution in [0.5, 0.6) is 0 Å². The molecule has 7 heteroatoms. The molecule has 0 saturated heterocycles. The summed E-state index contributed by atoms with van der Waals surface area (Å²) in [5.41, 5.74) is 0.894. The van der Waals surface area contributed by atoms with Crippen molar-refractivity contribution < 1.29 is 18.4 Å². The van der Waals surface area contributed by atoms with Crippen molar-refractivity contribution in [3.63, 3.8) is 0 Å². The van der Waals surface area contributed by atoms with Gasteiger partial charge in [0, 0.05) is 12.6 Å². The number of carbonyl (C=O) groups is 2. The molecular formula is C28H32FN3O3. The van der Waals surface area contributed by atoms with E-state index < -0.39 is 5.54 Å². The summed E-state index contributed by atoms with van der Waals surface area (Å²) in [6.45, 7) is 6.76. The molecule has 6 nitrogen and oxygen atoms in total. The summed E-state index contributed by atoms with van der Waals surface area (Å²) in [5.74, 6) is 0.809. The summed E-state index contributed by atoms with van der Waals surface area (Å²) in [6, 6.07) is 13.4. The maximum absolute atomic E-state index is 14.0. The third-order valence-corrected chi connectivity index (χ3v) is 8.05. The van der Waals surface area contributed by atoms with Gasteiger partial charge >= 0.3 is 0 Å². The fourth-order valence-corrected chi connectivity index (χ4v) is 5.54. The minimum Gasteiger partial charge on any atom is -0.463 e. The number of carbonyl (C=O) groups excluding carboxylic acids is 2. The lowest BCUT2D eigenvalue weighted by Crippen LogP contribution is -2.65. The Kier molecular flexibility index (Phi) is 6.03. The lowest BCUT2D eigenvalue weighted by molar-refractivity contribution is -0.134. The third kappa shape index (κ3) is 4.17. The molecule has 2 amide bonds. The van der Waals surface area contributed by atoms with Gasteiger partial charge in [-0.1, -0.05) is 38.8 Å². The standard InChI is InChI=1S/C28H32FN3O3/c1-18-6-4-7-22(19(18)2)30-27(34)28(3)17-31-23(25-8-5-15-35-25)13-14-24(31)26(33)32(28)16-20-9-11-21(29)12-10-20/h5,8-15,18-19,22H,4,6-7,16-17H2,1-3H3,(H,30,34)/t18-,19-,22+,28-/m1/s1. The molecule has 35 heavy (non-hydrogen) atoms. The van der Waals surface area contributed by atoms with Crippen LogP contribution in [0, 0.1) is 17.7 Å². The van der Waals surface area contributed by atoms with Crippen LogP contribution in [0.1, 0.15) is 56.1 Å². The zero-order chi connectivity index (χ0) is 24.7. The summed E-state index contributed by atoms with van der Waals surface area (Å²) in [4.78, 5) is 29.4. The highest BCUT2D eigenvalue weighted by atomic mass is 19.1. The van der Waals surface area contributed by atoms with E-state index in [1.54, 1.807) is 35.4 Å². The lowest BCUT2D eigenvalue weighted by Gasteiger charge is -2.46. The monoisotopic (exact) mass is 477 g/mol. The van der Waals surface area contributed by atoms with E-state index in [0.717, 1.165) is 24.1 Å². The van der Waals surface area contributed by atoms with Gasteiger partial charge in [-0.3, -0.25) is 9.59 Å². The number of amides is 2. The van der Waals surface area contributed by atoms with Gasteiger partial charge in [-0.05, 0) is 67.1 Å². The van der Waals surface area contributed by atoms with Gasteiger partial charge in [0.15, 0.2) is 0 Å². The van der Waals surface area contributed by atoms with Gasteiger partial charge in [0.2, 0.25) is 5.91 Å². The number of nitrogens with zero attached hydrogens (tertiary/aromatic N) is 2. The van der Waals surface area contributed by atoms with Crippen LogP contribution < -0.4 is 5.32 Å². The number of rotatable bonds is 5. The Morgan fingerprint density at radius 3 is 2.57 bits per heavy atom. The number of benzene rings is 1. The van der Waals surface area contributed by atoms with Crippen molar-refractivity contribution in [3.8, 4) is 11.5 Å². The number of hydrogen-bond donors (Lipinski definition) is 1. The fourth-order valence-electron chi connectivity index (χ4n) is 5.54. The minimum absolute atomic E-state index is 0.0708. The van der Waals surface area contributed by atoms with Gasteiger partial charge in [-0.25, -0.2) is 4.39 Å². The molecule has 1 aliphatic carbocycles. The molecule has 184 valence electrons. The summed E-state index contributed by atoms with van der Waals surface area (Å²) >= 11 is 0. The number of hydrogen-bond acceptors (Lipinski definition) is 3. The molecule has 1 aromatic carbocycles. The quantitative estimate of drug-likeness (QED) is 0.546. The predicted octanol–water partition coefficient (Wildman–Crippen LogP) is 5.24. The third-order valence-electron chi connectivity index (χ3n) is 8.05. The highest BCUT2D eigenvalue weighted by Gasteiger charge is 2.48. The maximum Gasteiger partial charge on any atom is 0.271 e. The minimum atomic E-state index is -1.14. The lowest BCUT2D eigenvalue weighted by atomic mass is 9.77. The Balaban J connectivity index is 1.52. The van der Waals surface area contributed by atoms with E-state index in [2.05, 4.69) is 19.2 Å². The molecule has 5 rings (SSSR count). The molecule has 0 spiro atoms. The molecule has 1 aliphatic heterocycles. The molecule has 3 heterocycles. The van der Waals surface area contributed by atoms with Gasteiger partial charge in [-0.15, -0.1) is 0 Å². The molecule has 1 saturated carbocycles. The normalized spacial score (nSPS) is 26.5. The molecule has 2 aliphatic rings. The summed E-state index contributed by atoms with van der Waals surface area (Å²) < 4.78 is 21.0. The fraction of sp³-hybridized carbons (Fsp3) is 0.429. The second kappa shape index (κ2) is 9.02. The van der Waals surface area contributed by atoms with Crippen molar-refractivity contribution in [2.24, 2.45) is 11.8 Å². The van der Waals surface area contributed by atoms with Crippen molar-refractivity contribution in [1.82, 2.24) is 14.8 Å². The van der Waals surface area contributed by atoms with Crippen molar-refractivity contribution in [3.05, 3.63) is 71.9 Å². The van der Waals surface area contributed by atoms with Gasteiger partial charge in [0.25, 0.3) is 5.91 Å². The summed E-state index contributed by atoms with van der Waals surface area (Å²) in [7, 11) is 0. The Labute approximate surface area is 205 Å². The van der Waals surface area contributed by atoms with Crippen LogP contribution in [0.4, 0.5) is 4.39 Å². The molecule has 1 fully saturated rings. The molecule has 0 bridgehead atoms. The molecular weight excluding hydrogens is 445 g/mol. The highest BCUT2D eigenvalue weighted by Crippen LogP contribution is 2.35. The predicted molar refractivity (Wildman–Crippen MR) is 131 cm³/mol. The first-order valence-corrected chi connectivity index (χ1v) is 12.4. The van der Waals surface area contributed by atoms with E-state index in [9.17, 15) is 14.0 Å². The Bertz CT molecular complexity index is 1220. The number of halogens is 1. The van der Waals surface area contributed by atoms with E-state index in [-0.39, 0.29) is 30.2 Å². The van der Waals surface area contributed by atoms with Crippen molar-refractivity contribution in [2.75, 3.05) is 0 Å². The largest absolute Gasteiger partial charge is 0.463 e. The summed E-state index contributed by atoms with van der Waals surface area (Å²) in [6.07, 6.45) is 4.78. The maximum atomic E-state index is 14.0. The Hall–Kier alpha value is -3.35. The first-order chi connectivity index (χ1) is 16.8. The molecule has 1 N–H and O–H groups in total. The van der Waals surface area contributed by atoms with E-state index >= 15 is 0 Å². The van der Waals surface area contributed by atoms with Crippen LogP contribution in [-0.2, 0) is 17.9 Å². The van der Waals surface area contributed by atoms with Crippen molar-refractivity contribution >= 4 is 11.8 Å². The van der Waals surface area contributed by atoms with Crippen LogP contribution in [0.25, 0.3) is 11.5 Å². The first-order valence-electron chi connectivity index (χ1n) is 12.4. The van der Waals surface area contributed by atoms with Crippen LogP contribution in [0.3, 0.4) is 0 Å². The van der Waals surface area contributed by atoms with Crippen molar-refractivity contribution in [2.45, 2.75) is 64.7 Å². The Morgan fingerprint density at radius 2 is 1.86 bits per heavy atom. The van der Waals surface area contributed by atoms with Gasteiger partial charge < -0.3 is 19.2 Å². The van der Waals surface area contributed by atoms with E-state index in [4.69, 9.17) is 4.42 Å². The van der Waals surface area contributed by atoms with Gasteiger partial charge in [0.1, 0.15) is 22.8 Å². The Morgan fingerprint density at radius 1 is 1.11 bits per heavy atom. The number of furan rings is 1. The van der Waals surface area contributed by atoms with Gasteiger partial charge in [-0.2, -0.15) is 0 Å². The molecule has 0 unspecified atom stereocenters. The molecule has 0 radical (unpaired) electrons. The average Bonchev–Trinajstić information content (AvgIpc) is 3.51. The van der Waals surface area contributed by atoms with Gasteiger partial charge in [0.05, 0.1) is 18.5 Å². The van der Waals surface area contributed by atoms with Crippen LogP contribution >= 0.6 is 0 Å². The summed E-state index contributed by atoms with van der Waals surface area (Å²) in [5, 5.41) is 3.30. The smallest absolute Gasteiger partial charge is 0.271 e. The first kappa shape index (κ1) is 23.4. The average molecular weight is 478 g/mol. The second-order valence-electron chi connectivity index (χ2n) is 10.3. The zero-order valence-electron chi connectivity index (χ0n) is 20.5. The molecule has 4 atom stereocenters. The van der Waals surface area contributed by atoms with E-state index in [0.29, 0.717) is 29.8 Å². The topological polar surface area (TPSA) is 67.5 Å². The molecule has 2 aromatic heterocycles. The van der Waals surface area contributed by atoms with E-state index in [1.807, 2.05) is 23.6 Å². The SMILES string of the molecule is C[C@@H]1[C@H](C)CCC[C@@H]1NC(=O)[C@@]1(C)Cn2c(ccc2-c2ccco2)C(=O)N1Cc1ccc(F)cc1. The van der Waals surface area contributed by atoms with Crippen LogP contribution in [0.2, 0.25) is 0 Å². The van der Waals surface area contributed by atoms with Crippen molar-refractivity contribution in [1.29, 1.82) is 0 Å². The number of aromatic nitrogens is 1. The van der Waals surface area contributed by atoms with E-state index in [1.165, 1.54) is 18.6 Å². The molecule has 3 aromatic rings. The zero-order valence-corrected chi connectivity index (χ0v) is 20.5. The number of nitrogens with one attached hydrogen (secondary N) is 1.